The zero-order valence-corrected chi connectivity index (χ0v) is 19.9. The number of aromatic nitrogens is 3. The summed E-state index contributed by atoms with van der Waals surface area (Å²) < 4.78 is 11.5. The van der Waals surface area contributed by atoms with Crippen LogP contribution in [-0.4, -0.2) is 28.5 Å². The Balaban J connectivity index is 1.40. The summed E-state index contributed by atoms with van der Waals surface area (Å²) in [6, 6.07) is 23.5. The number of anilines is 1. The summed E-state index contributed by atoms with van der Waals surface area (Å²) >= 11 is 7.48. The smallest absolute Gasteiger partial charge is 0.247 e. The molecule has 1 aromatic heterocycles. The summed E-state index contributed by atoms with van der Waals surface area (Å²) in [5, 5.41) is 13.5. The standard InChI is InChI=1S/C26H21ClN4O2S/c1-32-20-13-8-17(9-14-20)10-15-23-28-22-5-3-2-4-21(22)24-25(33-23)29-26(31-30-24)34-16-18-6-11-19(27)12-7-18/h2-15,23,28H,16H2,1H3/b15-10+/t23-/m0/s1. The van der Waals surface area contributed by atoms with Crippen molar-refractivity contribution in [1.29, 1.82) is 0 Å². The average molecular weight is 489 g/mol. The van der Waals surface area contributed by atoms with E-state index in [1.165, 1.54) is 11.8 Å². The number of thioether (sulfide) groups is 1. The fraction of sp³-hybridized carbons (Fsp3) is 0.115. The molecule has 0 saturated carbocycles. The first-order valence-corrected chi connectivity index (χ1v) is 12.0. The van der Waals surface area contributed by atoms with Crippen molar-refractivity contribution in [3.8, 4) is 22.9 Å². The molecule has 1 atom stereocenters. The first-order chi connectivity index (χ1) is 16.7. The van der Waals surface area contributed by atoms with Crippen LogP contribution in [-0.2, 0) is 5.75 Å². The van der Waals surface area contributed by atoms with Crippen molar-refractivity contribution in [3.63, 3.8) is 0 Å². The van der Waals surface area contributed by atoms with Gasteiger partial charge in [-0.2, -0.15) is 4.98 Å². The van der Waals surface area contributed by atoms with E-state index in [-0.39, 0.29) is 0 Å². The molecule has 0 aliphatic carbocycles. The Labute approximate surface area is 207 Å². The first kappa shape index (κ1) is 22.3. The number of fused-ring (bicyclic) bond motifs is 3. The van der Waals surface area contributed by atoms with Crippen LogP contribution in [0.25, 0.3) is 17.3 Å². The van der Waals surface area contributed by atoms with Gasteiger partial charge in [0.15, 0.2) is 11.9 Å². The Bertz CT molecular complexity index is 1310. The lowest BCUT2D eigenvalue weighted by atomic mass is 10.1. The third-order valence-electron chi connectivity index (χ3n) is 5.21. The van der Waals surface area contributed by atoms with Crippen LogP contribution >= 0.6 is 23.4 Å². The molecule has 0 saturated heterocycles. The maximum Gasteiger partial charge on any atom is 0.247 e. The number of nitrogens with one attached hydrogen (secondary N) is 1. The van der Waals surface area contributed by atoms with Crippen LogP contribution in [0.15, 0.2) is 84.0 Å². The minimum atomic E-state index is -0.435. The molecule has 1 aliphatic heterocycles. The molecule has 0 radical (unpaired) electrons. The molecule has 170 valence electrons. The Hall–Kier alpha value is -3.55. The van der Waals surface area contributed by atoms with Gasteiger partial charge in [0.05, 0.1) is 7.11 Å². The summed E-state index contributed by atoms with van der Waals surface area (Å²) in [7, 11) is 1.65. The molecule has 0 spiro atoms. The number of benzene rings is 3. The SMILES string of the molecule is COc1ccc(/C=C/[C@H]2Nc3ccccc3-c3nnc(SCc4ccc(Cl)cc4)nc3O2)cc1. The van der Waals surface area contributed by atoms with E-state index in [1.54, 1.807) is 7.11 Å². The van der Waals surface area contributed by atoms with E-state index >= 15 is 0 Å². The number of methoxy groups -OCH3 is 1. The summed E-state index contributed by atoms with van der Waals surface area (Å²) in [5.41, 5.74) is 4.57. The van der Waals surface area contributed by atoms with Crippen LogP contribution in [0.2, 0.25) is 5.02 Å². The maximum atomic E-state index is 6.25. The molecule has 4 aromatic rings. The zero-order chi connectivity index (χ0) is 23.3. The van der Waals surface area contributed by atoms with Crippen LogP contribution < -0.4 is 14.8 Å². The van der Waals surface area contributed by atoms with E-state index in [4.69, 9.17) is 21.1 Å². The van der Waals surface area contributed by atoms with Crippen molar-refractivity contribution < 1.29 is 9.47 Å². The number of halogens is 1. The highest BCUT2D eigenvalue weighted by Crippen LogP contribution is 2.36. The number of ether oxygens (including phenoxy) is 2. The Kier molecular flexibility index (Phi) is 6.65. The highest BCUT2D eigenvalue weighted by molar-refractivity contribution is 7.98. The van der Waals surface area contributed by atoms with Crippen molar-refractivity contribution in [3.05, 3.63) is 95.0 Å². The quantitative estimate of drug-likeness (QED) is 0.318. The van der Waals surface area contributed by atoms with Crippen molar-refractivity contribution in [2.45, 2.75) is 17.1 Å². The highest BCUT2D eigenvalue weighted by atomic mass is 35.5. The first-order valence-electron chi connectivity index (χ1n) is 10.6. The molecule has 0 amide bonds. The number of para-hydroxylation sites is 1. The fourth-order valence-electron chi connectivity index (χ4n) is 3.46. The topological polar surface area (TPSA) is 69.2 Å². The van der Waals surface area contributed by atoms with Crippen LogP contribution in [0.3, 0.4) is 0 Å². The van der Waals surface area contributed by atoms with E-state index in [0.717, 1.165) is 28.1 Å². The monoisotopic (exact) mass is 488 g/mol. The van der Waals surface area contributed by atoms with Crippen LogP contribution in [0.5, 0.6) is 11.6 Å². The molecule has 0 bridgehead atoms. The summed E-state index contributed by atoms with van der Waals surface area (Å²) in [6.07, 6.45) is 3.52. The molecule has 0 fully saturated rings. The normalized spacial score (nSPS) is 14.5. The van der Waals surface area contributed by atoms with E-state index < -0.39 is 6.23 Å². The van der Waals surface area contributed by atoms with E-state index in [2.05, 4.69) is 20.5 Å². The molecule has 0 unspecified atom stereocenters. The van der Waals surface area contributed by atoms with Crippen LogP contribution in [0.1, 0.15) is 11.1 Å². The number of nitrogens with zero attached hydrogens (tertiary/aromatic N) is 3. The van der Waals surface area contributed by atoms with E-state index in [1.807, 2.05) is 84.9 Å². The molecule has 5 rings (SSSR count). The van der Waals surface area contributed by atoms with Gasteiger partial charge >= 0.3 is 0 Å². The predicted molar refractivity (Wildman–Crippen MR) is 136 cm³/mol. The summed E-state index contributed by atoms with van der Waals surface area (Å²) in [5.74, 6) is 1.96. The van der Waals surface area contributed by atoms with E-state index in [9.17, 15) is 0 Å². The molecule has 1 aliphatic rings. The van der Waals surface area contributed by atoms with Gasteiger partial charge in [0, 0.05) is 22.0 Å². The molecular formula is C26H21ClN4O2S. The highest BCUT2D eigenvalue weighted by Gasteiger charge is 2.23. The van der Waals surface area contributed by atoms with Gasteiger partial charge in [0.25, 0.3) is 0 Å². The van der Waals surface area contributed by atoms with Gasteiger partial charge < -0.3 is 14.8 Å². The second-order valence-electron chi connectivity index (χ2n) is 7.52. The molecule has 2 heterocycles. The molecule has 1 N–H and O–H groups in total. The number of hydrogen-bond acceptors (Lipinski definition) is 7. The summed E-state index contributed by atoms with van der Waals surface area (Å²) in [4.78, 5) is 4.68. The third-order valence-corrected chi connectivity index (χ3v) is 6.38. The predicted octanol–water partition coefficient (Wildman–Crippen LogP) is 6.34. The Morgan fingerprint density at radius 3 is 2.62 bits per heavy atom. The third kappa shape index (κ3) is 5.16. The van der Waals surface area contributed by atoms with Gasteiger partial charge in [-0.3, -0.25) is 0 Å². The van der Waals surface area contributed by atoms with Gasteiger partial charge in [-0.25, -0.2) is 0 Å². The zero-order valence-electron chi connectivity index (χ0n) is 18.3. The number of rotatable bonds is 6. The molecule has 6 nitrogen and oxygen atoms in total. The summed E-state index contributed by atoms with van der Waals surface area (Å²) in [6.45, 7) is 0. The Morgan fingerprint density at radius 1 is 1.03 bits per heavy atom. The number of hydrogen-bond donors (Lipinski definition) is 1. The van der Waals surface area contributed by atoms with Gasteiger partial charge in [0.1, 0.15) is 5.75 Å². The molecular weight excluding hydrogens is 468 g/mol. The molecule has 3 aromatic carbocycles. The van der Waals surface area contributed by atoms with Crippen LogP contribution in [0, 0.1) is 0 Å². The maximum absolute atomic E-state index is 6.25. The largest absolute Gasteiger partial charge is 0.497 e. The molecule has 34 heavy (non-hydrogen) atoms. The van der Waals surface area contributed by atoms with Crippen molar-refractivity contribution in [2.75, 3.05) is 12.4 Å². The fourth-order valence-corrected chi connectivity index (χ4v) is 4.32. The van der Waals surface area contributed by atoms with Gasteiger partial charge in [-0.1, -0.05) is 71.9 Å². The minimum absolute atomic E-state index is 0.435. The van der Waals surface area contributed by atoms with Crippen LogP contribution in [0.4, 0.5) is 5.69 Å². The lowest BCUT2D eigenvalue weighted by molar-refractivity contribution is 0.266. The lowest BCUT2D eigenvalue weighted by Crippen LogP contribution is -2.23. The molecule has 8 heteroatoms. The second kappa shape index (κ2) is 10.2. The minimum Gasteiger partial charge on any atom is -0.497 e. The lowest BCUT2D eigenvalue weighted by Gasteiger charge is -2.15. The van der Waals surface area contributed by atoms with Gasteiger partial charge in [-0.15, -0.1) is 10.2 Å². The Morgan fingerprint density at radius 2 is 1.82 bits per heavy atom. The average Bonchev–Trinajstić information content (AvgIpc) is 3.03. The van der Waals surface area contributed by atoms with Crippen molar-refractivity contribution in [2.24, 2.45) is 0 Å². The van der Waals surface area contributed by atoms with Gasteiger partial charge in [0.2, 0.25) is 11.0 Å². The van der Waals surface area contributed by atoms with Crippen molar-refractivity contribution in [1.82, 2.24) is 15.2 Å². The second-order valence-corrected chi connectivity index (χ2v) is 8.90. The van der Waals surface area contributed by atoms with E-state index in [0.29, 0.717) is 27.5 Å². The van der Waals surface area contributed by atoms with Crippen molar-refractivity contribution >= 4 is 35.1 Å². The van der Waals surface area contributed by atoms with Gasteiger partial charge in [-0.05, 0) is 47.5 Å².